The zero-order valence-corrected chi connectivity index (χ0v) is 16.0. The number of pyridine rings is 1. The number of rotatable bonds is 6. The van der Waals surface area contributed by atoms with Crippen LogP contribution < -0.4 is 10.1 Å². The summed E-state index contributed by atoms with van der Waals surface area (Å²) in [6, 6.07) is 5.78. The van der Waals surface area contributed by atoms with E-state index in [0.29, 0.717) is 23.7 Å². The number of carbonyl (C=O) groups excluding carboxylic acids is 1. The number of hydrogen-bond donors (Lipinski definition) is 1. The average Bonchev–Trinajstić information content (AvgIpc) is 3.17. The molecule has 0 atom stereocenters. The Hall–Kier alpha value is -2.96. The van der Waals surface area contributed by atoms with Crippen LogP contribution in [0.4, 0.5) is 0 Å². The number of fused-ring (bicyclic) bond motifs is 1. The van der Waals surface area contributed by atoms with Gasteiger partial charge in [-0.1, -0.05) is 19.4 Å². The number of ether oxygens (including phenoxy) is 1. The summed E-state index contributed by atoms with van der Waals surface area (Å²) in [7, 11) is 0. The first kappa shape index (κ1) is 18.4. The van der Waals surface area contributed by atoms with Gasteiger partial charge in [-0.05, 0) is 37.7 Å². The standard InChI is InChI=1S/C21H25N5O2/c1-2-15-5-7-17(8-6-15)24-21(27)18-13-23-26-11-9-19(25-20(18)26)28-14-16-4-3-10-22-12-16/h3-4,9-13,15,17H,2,5-8,14H2,1H3,(H,24,27). The number of nitrogens with one attached hydrogen (secondary N) is 1. The lowest BCUT2D eigenvalue weighted by molar-refractivity contribution is 0.0923. The maximum Gasteiger partial charge on any atom is 0.256 e. The molecule has 1 amide bonds. The Morgan fingerprint density at radius 3 is 2.86 bits per heavy atom. The number of amides is 1. The van der Waals surface area contributed by atoms with E-state index in [2.05, 4.69) is 27.3 Å². The van der Waals surface area contributed by atoms with Crippen molar-refractivity contribution in [1.29, 1.82) is 0 Å². The lowest BCUT2D eigenvalue weighted by Gasteiger charge is -2.28. The van der Waals surface area contributed by atoms with Crippen LogP contribution in [0.2, 0.25) is 0 Å². The largest absolute Gasteiger partial charge is 0.473 e. The fourth-order valence-corrected chi connectivity index (χ4v) is 3.71. The van der Waals surface area contributed by atoms with Crippen LogP contribution in [-0.4, -0.2) is 31.5 Å². The van der Waals surface area contributed by atoms with Gasteiger partial charge in [-0.3, -0.25) is 9.78 Å². The smallest absolute Gasteiger partial charge is 0.256 e. The molecule has 7 nitrogen and oxygen atoms in total. The van der Waals surface area contributed by atoms with Gasteiger partial charge < -0.3 is 10.1 Å². The van der Waals surface area contributed by atoms with E-state index in [1.165, 1.54) is 19.3 Å². The van der Waals surface area contributed by atoms with Crippen molar-refractivity contribution in [2.24, 2.45) is 5.92 Å². The van der Waals surface area contributed by atoms with Crippen molar-refractivity contribution in [2.45, 2.75) is 51.7 Å². The third-order valence-electron chi connectivity index (χ3n) is 5.46. The minimum Gasteiger partial charge on any atom is -0.473 e. The zero-order chi connectivity index (χ0) is 19.3. The van der Waals surface area contributed by atoms with Crippen molar-refractivity contribution < 1.29 is 9.53 Å². The maximum absolute atomic E-state index is 12.8. The van der Waals surface area contributed by atoms with Gasteiger partial charge in [0, 0.05) is 36.3 Å². The van der Waals surface area contributed by atoms with Crippen LogP contribution in [0, 0.1) is 5.92 Å². The summed E-state index contributed by atoms with van der Waals surface area (Å²) in [5.74, 6) is 1.13. The maximum atomic E-state index is 12.8. The molecular formula is C21H25N5O2. The summed E-state index contributed by atoms with van der Waals surface area (Å²) in [5.41, 5.74) is 1.94. The fourth-order valence-electron chi connectivity index (χ4n) is 3.71. The molecule has 1 saturated carbocycles. The summed E-state index contributed by atoms with van der Waals surface area (Å²) in [4.78, 5) is 21.3. The molecule has 146 valence electrons. The van der Waals surface area contributed by atoms with Gasteiger partial charge in [-0.15, -0.1) is 0 Å². The molecule has 3 heterocycles. The van der Waals surface area contributed by atoms with Gasteiger partial charge in [0.1, 0.15) is 12.2 Å². The molecular weight excluding hydrogens is 354 g/mol. The van der Waals surface area contributed by atoms with Crippen molar-refractivity contribution in [3.8, 4) is 5.88 Å². The van der Waals surface area contributed by atoms with E-state index in [1.54, 1.807) is 35.4 Å². The fraction of sp³-hybridized carbons (Fsp3) is 0.429. The van der Waals surface area contributed by atoms with Crippen LogP contribution in [0.5, 0.6) is 5.88 Å². The van der Waals surface area contributed by atoms with Gasteiger partial charge >= 0.3 is 0 Å². The predicted molar refractivity (Wildman–Crippen MR) is 105 cm³/mol. The topological polar surface area (TPSA) is 81.4 Å². The van der Waals surface area contributed by atoms with Crippen LogP contribution in [0.15, 0.2) is 43.0 Å². The molecule has 1 aliphatic carbocycles. The molecule has 0 aliphatic heterocycles. The summed E-state index contributed by atoms with van der Waals surface area (Å²) in [5, 5.41) is 7.40. The highest BCUT2D eigenvalue weighted by Gasteiger charge is 2.23. The molecule has 0 radical (unpaired) electrons. The highest BCUT2D eigenvalue weighted by Crippen LogP contribution is 2.26. The van der Waals surface area contributed by atoms with Crippen molar-refractivity contribution in [3.63, 3.8) is 0 Å². The van der Waals surface area contributed by atoms with Crippen LogP contribution in [0.3, 0.4) is 0 Å². The number of aromatic nitrogens is 4. The highest BCUT2D eigenvalue weighted by molar-refractivity contribution is 5.99. The van der Waals surface area contributed by atoms with E-state index in [0.717, 1.165) is 24.3 Å². The molecule has 0 unspecified atom stereocenters. The molecule has 3 aromatic heterocycles. The lowest BCUT2D eigenvalue weighted by atomic mass is 9.84. The minimum absolute atomic E-state index is 0.119. The van der Waals surface area contributed by atoms with E-state index in [4.69, 9.17) is 4.74 Å². The lowest BCUT2D eigenvalue weighted by Crippen LogP contribution is -2.37. The van der Waals surface area contributed by atoms with Crippen LogP contribution in [0.25, 0.3) is 5.65 Å². The summed E-state index contributed by atoms with van der Waals surface area (Å²) < 4.78 is 7.35. The summed E-state index contributed by atoms with van der Waals surface area (Å²) in [6.45, 7) is 2.61. The second kappa shape index (κ2) is 8.37. The molecule has 1 N–H and O–H groups in total. The predicted octanol–water partition coefficient (Wildman–Crippen LogP) is 3.40. The molecule has 0 bridgehead atoms. The first-order valence-corrected chi connectivity index (χ1v) is 9.90. The van der Waals surface area contributed by atoms with Gasteiger partial charge in [-0.25, -0.2) is 4.52 Å². The van der Waals surface area contributed by atoms with E-state index < -0.39 is 0 Å². The van der Waals surface area contributed by atoms with Gasteiger partial charge in [-0.2, -0.15) is 10.1 Å². The second-order valence-corrected chi connectivity index (χ2v) is 7.34. The Balaban J connectivity index is 1.44. The van der Waals surface area contributed by atoms with E-state index in [9.17, 15) is 4.79 Å². The number of carbonyl (C=O) groups is 1. The Kier molecular flexibility index (Phi) is 5.50. The molecule has 1 fully saturated rings. The third kappa shape index (κ3) is 4.13. The van der Waals surface area contributed by atoms with Gasteiger partial charge in [0.2, 0.25) is 5.88 Å². The van der Waals surface area contributed by atoms with Crippen LogP contribution in [0.1, 0.15) is 54.9 Å². The van der Waals surface area contributed by atoms with Crippen molar-refractivity contribution >= 4 is 11.6 Å². The SMILES string of the molecule is CCC1CCC(NC(=O)c2cnn3ccc(OCc4cccnc4)nc23)CC1. The average molecular weight is 379 g/mol. The highest BCUT2D eigenvalue weighted by atomic mass is 16.5. The molecule has 1 aliphatic rings. The second-order valence-electron chi connectivity index (χ2n) is 7.34. The summed E-state index contributed by atoms with van der Waals surface area (Å²) in [6.07, 6.45) is 12.5. The van der Waals surface area contributed by atoms with Crippen molar-refractivity contribution in [1.82, 2.24) is 24.9 Å². The van der Waals surface area contributed by atoms with E-state index in [-0.39, 0.29) is 11.9 Å². The first-order chi connectivity index (χ1) is 13.7. The van der Waals surface area contributed by atoms with Gasteiger partial charge in [0.25, 0.3) is 5.91 Å². The Bertz CT molecular complexity index is 932. The summed E-state index contributed by atoms with van der Waals surface area (Å²) >= 11 is 0. The number of hydrogen-bond acceptors (Lipinski definition) is 5. The third-order valence-corrected chi connectivity index (χ3v) is 5.46. The van der Waals surface area contributed by atoms with E-state index >= 15 is 0 Å². The first-order valence-electron chi connectivity index (χ1n) is 9.90. The monoisotopic (exact) mass is 379 g/mol. The van der Waals surface area contributed by atoms with Gasteiger partial charge in [0.15, 0.2) is 5.65 Å². The molecule has 3 aromatic rings. The molecule has 0 saturated heterocycles. The molecule has 0 spiro atoms. The molecule has 4 rings (SSSR count). The molecule has 0 aromatic carbocycles. The van der Waals surface area contributed by atoms with Crippen molar-refractivity contribution in [3.05, 3.63) is 54.1 Å². The Morgan fingerprint density at radius 1 is 1.25 bits per heavy atom. The quantitative estimate of drug-likeness (QED) is 0.710. The Labute approximate surface area is 164 Å². The van der Waals surface area contributed by atoms with E-state index in [1.807, 2.05) is 12.1 Å². The Morgan fingerprint density at radius 2 is 2.11 bits per heavy atom. The van der Waals surface area contributed by atoms with Crippen LogP contribution in [-0.2, 0) is 6.61 Å². The molecule has 7 heteroatoms. The molecule has 28 heavy (non-hydrogen) atoms. The van der Waals surface area contributed by atoms with Crippen LogP contribution >= 0.6 is 0 Å². The van der Waals surface area contributed by atoms with Crippen molar-refractivity contribution in [2.75, 3.05) is 0 Å². The van der Waals surface area contributed by atoms with Gasteiger partial charge in [0.05, 0.1) is 6.20 Å². The zero-order valence-electron chi connectivity index (χ0n) is 16.0. The number of nitrogens with zero attached hydrogens (tertiary/aromatic N) is 4. The minimum atomic E-state index is -0.119. The normalized spacial score (nSPS) is 19.5.